The van der Waals surface area contributed by atoms with Crippen molar-refractivity contribution in [3.8, 4) is 5.75 Å². The molecule has 0 bridgehead atoms. The Morgan fingerprint density at radius 1 is 1.36 bits per heavy atom. The van der Waals surface area contributed by atoms with Crippen molar-refractivity contribution < 1.29 is 32.6 Å². The summed E-state index contributed by atoms with van der Waals surface area (Å²) in [5, 5.41) is 10.8. The molecular formula is C14H14F3NO4. The number of para-hydroxylation sites is 1. The van der Waals surface area contributed by atoms with E-state index in [1.165, 1.54) is 0 Å². The van der Waals surface area contributed by atoms with E-state index in [2.05, 4.69) is 0 Å². The number of nitrogens with one attached hydrogen (secondary N) is 1. The summed E-state index contributed by atoms with van der Waals surface area (Å²) in [5.74, 6) is -2.70. The molecule has 0 fully saturated rings. The van der Waals surface area contributed by atoms with Gasteiger partial charge in [0.25, 0.3) is 0 Å². The van der Waals surface area contributed by atoms with E-state index in [0.717, 1.165) is 0 Å². The molecule has 1 aromatic carbocycles. The zero-order chi connectivity index (χ0) is 16.3. The van der Waals surface area contributed by atoms with Crippen LogP contribution in [0.15, 0.2) is 24.3 Å². The zero-order valence-corrected chi connectivity index (χ0v) is 11.4. The number of alkyl halides is 3. The number of halogens is 3. The number of ether oxygens (including phenoxy) is 1. The van der Waals surface area contributed by atoms with E-state index in [0.29, 0.717) is 11.3 Å². The van der Waals surface area contributed by atoms with Gasteiger partial charge in [-0.15, -0.1) is 0 Å². The van der Waals surface area contributed by atoms with Crippen LogP contribution in [-0.2, 0) is 9.59 Å². The third kappa shape index (κ3) is 3.90. The minimum absolute atomic E-state index is 0.242. The van der Waals surface area contributed by atoms with E-state index < -0.39 is 36.4 Å². The van der Waals surface area contributed by atoms with Gasteiger partial charge in [-0.05, 0) is 12.5 Å². The summed E-state index contributed by atoms with van der Waals surface area (Å²) in [6, 6.07) is 4.68. The Bertz CT molecular complexity index is 573. The highest BCUT2D eigenvalue weighted by Gasteiger charge is 2.38. The smallest absolute Gasteiger partial charge is 0.391 e. The third-order valence-corrected chi connectivity index (χ3v) is 3.33. The summed E-state index contributed by atoms with van der Waals surface area (Å²) >= 11 is 0. The number of carboxylic acids is 1. The van der Waals surface area contributed by atoms with Gasteiger partial charge in [-0.2, -0.15) is 13.2 Å². The molecule has 8 heteroatoms. The summed E-state index contributed by atoms with van der Waals surface area (Å²) in [6.45, 7) is 0.242. The minimum Gasteiger partial charge on any atom is -0.493 e. The predicted molar refractivity (Wildman–Crippen MR) is 69.5 cm³/mol. The number of aliphatic carboxylic acids is 1. The van der Waals surface area contributed by atoms with Crippen LogP contribution >= 0.6 is 0 Å². The summed E-state index contributed by atoms with van der Waals surface area (Å²) in [5.41, 5.74) is 0.544. The van der Waals surface area contributed by atoms with Gasteiger partial charge in [0.15, 0.2) is 0 Å². The lowest BCUT2D eigenvalue weighted by Crippen LogP contribution is -2.46. The topological polar surface area (TPSA) is 75.6 Å². The van der Waals surface area contributed by atoms with Crippen LogP contribution in [0.25, 0.3) is 0 Å². The van der Waals surface area contributed by atoms with Crippen molar-refractivity contribution in [2.75, 3.05) is 6.61 Å². The molecule has 22 heavy (non-hydrogen) atoms. The maximum atomic E-state index is 12.4. The van der Waals surface area contributed by atoms with E-state index in [-0.39, 0.29) is 13.0 Å². The second kappa shape index (κ2) is 6.25. The van der Waals surface area contributed by atoms with Crippen molar-refractivity contribution in [2.45, 2.75) is 31.0 Å². The van der Waals surface area contributed by atoms with Crippen molar-refractivity contribution in [1.82, 2.24) is 5.32 Å². The normalized spacial score (nSPS) is 18.8. The van der Waals surface area contributed by atoms with Crippen molar-refractivity contribution in [3.05, 3.63) is 29.8 Å². The van der Waals surface area contributed by atoms with Gasteiger partial charge < -0.3 is 15.2 Å². The number of benzene rings is 1. The molecule has 2 atom stereocenters. The van der Waals surface area contributed by atoms with Crippen LogP contribution < -0.4 is 10.1 Å². The predicted octanol–water partition coefficient (Wildman–Crippen LogP) is 2.07. The maximum Gasteiger partial charge on any atom is 0.391 e. The molecule has 5 nitrogen and oxygen atoms in total. The molecule has 0 saturated carbocycles. The molecule has 0 aliphatic carbocycles. The fourth-order valence-electron chi connectivity index (χ4n) is 2.32. The Hall–Kier alpha value is -2.25. The van der Waals surface area contributed by atoms with Gasteiger partial charge in [-0.3, -0.25) is 4.79 Å². The van der Waals surface area contributed by atoms with Gasteiger partial charge in [0.1, 0.15) is 11.8 Å². The van der Waals surface area contributed by atoms with Crippen molar-refractivity contribution in [3.63, 3.8) is 0 Å². The Balaban J connectivity index is 2.13. The number of carbonyl (C=O) groups is 2. The molecule has 2 unspecified atom stereocenters. The highest BCUT2D eigenvalue weighted by atomic mass is 19.4. The van der Waals surface area contributed by atoms with Crippen molar-refractivity contribution in [2.24, 2.45) is 0 Å². The first-order valence-corrected chi connectivity index (χ1v) is 6.59. The lowest BCUT2D eigenvalue weighted by atomic mass is 9.92. The van der Waals surface area contributed by atoms with E-state index in [1.54, 1.807) is 24.3 Å². The summed E-state index contributed by atoms with van der Waals surface area (Å²) in [6.07, 6.45) is -6.01. The summed E-state index contributed by atoms with van der Waals surface area (Å²) in [7, 11) is 0. The van der Waals surface area contributed by atoms with E-state index in [4.69, 9.17) is 9.84 Å². The number of fused-ring (bicyclic) bond motifs is 1. The first-order chi connectivity index (χ1) is 10.3. The molecule has 1 heterocycles. The second-order valence-electron chi connectivity index (χ2n) is 4.95. The van der Waals surface area contributed by atoms with Crippen LogP contribution in [0.1, 0.15) is 24.3 Å². The van der Waals surface area contributed by atoms with Gasteiger partial charge >= 0.3 is 12.1 Å². The van der Waals surface area contributed by atoms with Crippen LogP contribution in [0.4, 0.5) is 13.2 Å². The highest BCUT2D eigenvalue weighted by molar-refractivity contribution is 5.88. The molecule has 1 amide bonds. The van der Waals surface area contributed by atoms with E-state index in [9.17, 15) is 22.8 Å². The highest BCUT2D eigenvalue weighted by Crippen LogP contribution is 2.33. The number of hydrogen-bond acceptors (Lipinski definition) is 3. The Morgan fingerprint density at radius 3 is 2.68 bits per heavy atom. The fourth-order valence-corrected chi connectivity index (χ4v) is 2.32. The zero-order valence-electron chi connectivity index (χ0n) is 11.4. The molecule has 120 valence electrons. The Morgan fingerprint density at radius 2 is 2.05 bits per heavy atom. The SMILES string of the molecule is O=C(O)C(CC(F)(F)F)NC(=O)C1CCOc2ccccc21. The third-order valence-electron chi connectivity index (χ3n) is 3.33. The van der Waals surface area contributed by atoms with Gasteiger partial charge in [0.05, 0.1) is 18.9 Å². The van der Waals surface area contributed by atoms with Crippen molar-refractivity contribution in [1.29, 1.82) is 0 Å². The molecular weight excluding hydrogens is 303 g/mol. The summed E-state index contributed by atoms with van der Waals surface area (Å²) in [4.78, 5) is 23.1. The number of hydrogen-bond donors (Lipinski definition) is 2. The van der Waals surface area contributed by atoms with E-state index in [1.807, 2.05) is 5.32 Å². The number of rotatable bonds is 4. The molecule has 0 aromatic heterocycles. The molecule has 2 rings (SSSR count). The van der Waals surface area contributed by atoms with Gasteiger partial charge in [0, 0.05) is 5.56 Å². The molecule has 0 saturated heterocycles. The Labute approximate surface area is 124 Å². The number of carboxylic acid groups (broad SMARTS) is 1. The molecule has 1 aliphatic heterocycles. The van der Waals surface area contributed by atoms with Crippen LogP contribution in [0.5, 0.6) is 5.75 Å². The fraction of sp³-hybridized carbons (Fsp3) is 0.429. The molecule has 2 N–H and O–H groups in total. The summed E-state index contributed by atoms with van der Waals surface area (Å²) < 4.78 is 42.4. The first-order valence-electron chi connectivity index (χ1n) is 6.59. The number of amides is 1. The van der Waals surface area contributed by atoms with Crippen LogP contribution in [0.2, 0.25) is 0 Å². The maximum absolute atomic E-state index is 12.4. The largest absolute Gasteiger partial charge is 0.493 e. The van der Waals surface area contributed by atoms with Gasteiger partial charge in [0.2, 0.25) is 5.91 Å². The van der Waals surface area contributed by atoms with Crippen LogP contribution in [0, 0.1) is 0 Å². The van der Waals surface area contributed by atoms with Crippen molar-refractivity contribution >= 4 is 11.9 Å². The number of carbonyl (C=O) groups excluding carboxylic acids is 1. The average Bonchev–Trinajstić information content (AvgIpc) is 2.44. The molecule has 1 aliphatic rings. The monoisotopic (exact) mass is 317 g/mol. The van der Waals surface area contributed by atoms with Gasteiger partial charge in [-0.1, -0.05) is 18.2 Å². The molecule has 1 aromatic rings. The molecule has 0 radical (unpaired) electrons. The Kier molecular flexibility index (Phi) is 4.58. The van der Waals surface area contributed by atoms with Crippen LogP contribution in [-0.4, -0.2) is 35.8 Å². The minimum atomic E-state index is -4.68. The standard InChI is InChI=1S/C14H14F3NO4/c15-14(16,17)7-10(13(20)21)18-12(19)9-5-6-22-11-4-2-1-3-8(9)11/h1-4,9-10H,5-7H2,(H,18,19)(H,20,21). The average molecular weight is 317 g/mol. The lowest BCUT2D eigenvalue weighted by molar-refractivity contribution is -0.160. The molecule has 0 spiro atoms. The van der Waals surface area contributed by atoms with Gasteiger partial charge in [-0.25, -0.2) is 4.79 Å². The first kappa shape index (κ1) is 16.1. The lowest BCUT2D eigenvalue weighted by Gasteiger charge is -2.26. The van der Waals surface area contributed by atoms with E-state index >= 15 is 0 Å². The quantitative estimate of drug-likeness (QED) is 0.891. The second-order valence-corrected chi connectivity index (χ2v) is 4.95. The van der Waals surface area contributed by atoms with Crippen LogP contribution in [0.3, 0.4) is 0 Å².